The van der Waals surface area contributed by atoms with E-state index >= 15 is 0 Å². The maximum absolute atomic E-state index is 6.15. The maximum Gasteiger partial charge on any atom is 0.458 e. The van der Waals surface area contributed by atoms with Gasteiger partial charge in [0, 0.05) is 11.5 Å². The molecule has 2 aliphatic rings. The predicted molar refractivity (Wildman–Crippen MR) is 80.6 cm³/mol. The highest BCUT2D eigenvalue weighted by Crippen LogP contribution is 2.44. The minimum absolute atomic E-state index is 0.196. The standard InChI is InChI=1S/C15H20BClO3/c1-14(2)15(3,4)20-16(19-14)8-10-9-18-13-11(10)6-5-7-12(13)17/h5-7,10H,8-9H2,1-4H3. The Morgan fingerprint density at radius 3 is 2.50 bits per heavy atom. The molecule has 0 spiro atoms. The zero-order valence-corrected chi connectivity index (χ0v) is 13.2. The molecule has 1 fully saturated rings. The molecule has 3 nitrogen and oxygen atoms in total. The van der Waals surface area contributed by atoms with Crippen LogP contribution in [0.1, 0.15) is 39.2 Å². The minimum atomic E-state index is -0.283. The molecule has 1 atom stereocenters. The first-order valence-electron chi connectivity index (χ1n) is 7.07. The van der Waals surface area contributed by atoms with Crippen LogP contribution in [0, 0.1) is 0 Å². The lowest BCUT2D eigenvalue weighted by atomic mass is 9.75. The number of halogens is 1. The van der Waals surface area contributed by atoms with Gasteiger partial charge in [-0.25, -0.2) is 0 Å². The van der Waals surface area contributed by atoms with Gasteiger partial charge in [-0.05, 0) is 40.1 Å². The van der Waals surface area contributed by atoms with Crippen molar-refractivity contribution in [2.24, 2.45) is 0 Å². The van der Waals surface area contributed by atoms with Crippen molar-refractivity contribution in [3.8, 4) is 5.75 Å². The molecule has 108 valence electrons. The highest BCUT2D eigenvalue weighted by molar-refractivity contribution is 6.45. The Hall–Kier alpha value is -0.705. The average molecular weight is 295 g/mol. The van der Waals surface area contributed by atoms with E-state index in [1.807, 2.05) is 12.1 Å². The molecule has 20 heavy (non-hydrogen) atoms. The fourth-order valence-electron chi connectivity index (χ4n) is 2.76. The van der Waals surface area contributed by atoms with E-state index in [0.29, 0.717) is 11.6 Å². The number of rotatable bonds is 2. The summed E-state index contributed by atoms with van der Waals surface area (Å²) in [6, 6.07) is 5.90. The Kier molecular flexibility index (Phi) is 3.31. The Bertz CT molecular complexity index is 514. The summed E-state index contributed by atoms with van der Waals surface area (Å²) < 4.78 is 17.8. The topological polar surface area (TPSA) is 27.7 Å². The number of benzene rings is 1. The van der Waals surface area contributed by atoms with Crippen LogP contribution in [0.25, 0.3) is 0 Å². The molecule has 0 bridgehead atoms. The van der Waals surface area contributed by atoms with Crippen molar-refractivity contribution in [1.82, 2.24) is 0 Å². The first-order chi connectivity index (χ1) is 9.30. The van der Waals surface area contributed by atoms with Crippen molar-refractivity contribution in [3.05, 3.63) is 28.8 Å². The highest BCUT2D eigenvalue weighted by atomic mass is 35.5. The molecule has 2 aliphatic heterocycles. The molecule has 0 aromatic heterocycles. The number of para-hydroxylation sites is 1. The summed E-state index contributed by atoms with van der Waals surface area (Å²) in [5.74, 6) is 1.09. The molecule has 5 heteroatoms. The van der Waals surface area contributed by atoms with E-state index in [1.54, 1.807) is 0 Å². The number of hydrogen-bond donors (Lipinski definition) is 0. The molecular formula is C15H20BClO3. The first kappa shape index (κ1) is 14.2. The zero-order valence-electron chi connectivity index (χ0n) is 12.4. The summed E-state index contributed by atoms with van der Waals surface area (Å²) in [7, 11) is -0.196. The lowest BCUT2D eigenvalue weighted by Gasteiger charge is -2.32. The molecule has 0 amide bonds. The van der Waals surface area contributed by atoms with Gasteiger partial charge in [0.05, 0.1) is 22.8 Å². The molecule has 3 rings (SSSR count). The van der Waals surface area contributed by atoms with Crippen molar-refractivity contribution >= 4 is 18.7 Å². The second-order valence-corrected chi connectivity index (χ2v) is 6.99. The molecule has 2 heterocycles. The van der Waals surface area contributed by atoms with E-state index in [0.717, 1.165) is 17.6 Å². The smallest absolute Gasteiger partial charge is 0.458 e. The molecule has 1 aromatic carbocycles. The van der Waals surface area contributed by atoms with E-state index < -0.39 is 0 Å². The molecule has 1 unspecified atom stereocenters. The second-order valence-electron chi connectivity index (χ2n) is 6.59. The van der Waals surface area contributed by atoms with E-state index in [-0.39, 0.29) is 24.2 Å². The predicted octanol–water partition coefficient (Wildman–Crippen LogP) is 3.91. The molecule has 0 saturated carbocycles. The lowest BCUT2D eigenvalue weighted by Crippen LogP contribution is -2.41. The average Bonchev–Trinajstić information content (AvgIpc) is 2.80. The molecule has 1 aromatic rings. The van der Waals surface area contributed by atoms with Crippen LogP contribution < -0.4 is 4.74 Å². The zero-order chi connectivity index (χ0) is 14.5. The second kappa shape index (κ2) is 4.65. The van der Waals surface area contributed by atoms with Gasteiger partial charge in [0.25, 0.3) is 0 Å². The first-order valence-corrected chi connectivity index (χ1v) is 7.45. The molecule has 0 N–H and O–H groups in total. The Morgan fingerprint density at radius 2 is 1.85 bits per heavy atom. The molecule has 0 radical (unpaired) electrons. The lowest BCUT2D eigenvalue weighted by molar-refractivity contribution is 0.00578. The van der Waals surface area contributed by atoms with Crippen LogP contribution in [0.15, 0.2) is 18.2 Å². The van der Waals surface area contributed by atoms with E-state index in [1.165, 1.54) is 0 Å². The van der Waals surface area contributed by atoms with Gasteiger partial charge in [0.1, 0.15) is 5.75 Å². The van der Waals surface area contributed by atoms with E-state index in [9.17, 15) is 0 Å². The van der Waals surface area contributed by atoms with Gasteiger partial charge < -0.3 is 14.0 Å². The van der Waals surface area contributed by atoms with Crippen LogP contribution in [0.2, 0.25) is 11.3 Å². The van der Waals surface area contributed by atoms with Crippen molar-refractivity contribution in [3.63, 3.8) is 0 Å². The highest BCUT2D eigenvalue weighted by Gasteiger charge is 2.51. The summed E-state index contributed by atoms with van der Waals surface area (Å²) in [6.45, 7) is 8.93. The van der Waals surface area contributed by atoms with Gasteiger partial charge in [-0.3, -0.25) is 0 Å². The van der Waals surface area contributed by atoms with Crippen LogP contribution in [-0.2, 0) is 9.31 Å². The maximum atomic E-state index is 6.15. The van der Waals surface area contributed by atoms with Gasteiger partial charge in [-0.1, -0.05) is 23.7 Å². The van der Waals surface area contributed by atoms with Crippen LogP contribution in [0.5, 0.6) is 5.75 Å². The normalized spacial score (nSPS) is 26.4. The van der Waals surface area contributed by atoms with Crippen LogP contribution in [-0.4, -0.2) is 24.9 Å². The number of ether oxygens (including phenoxy) is 1. The van der Waals surface area contributed by atoms with Gasteiger partial charge in [-0.15, -0.1) is 0 Å². The third kappa shape index (κ3) is 2.24. The number of hydrogen-bond acceptors (Lipinski definition) is 3. The van der Waals surface area contributed by atoms with Crippen molar-refractivity contribution in [2.45, 2.75) is 51.1 Å². The van der Waals surface area contributed by atoms with Gasteiger partial charge >= 0.3 is 7.12 Å². The fraction of sp³-hybridized carbons (Fsp3) is 0.600. The monoisotopic (exact) mass is 294 g/mol. The van der Waals surface area contributed by atoms with Crippen LogP contribution >= 0.6 is 11.6 Å². The minimum Gasteiger partial charge on any atom is -0.491 e. The molecule has 1 saturated heterocycles. The molecule has 0 aliphatic carbocycles. The summed E-state index contributed by atoms with van der Waals surface area (Å²) in [5.41, 5.74) is 0.593. The molecular weight excluding hydrogens is 274 g/mol. The van der Waals surface area contributed by atoms with Crippen molar-refractivity contribution < 1.29 is 14.0 Å². The Morgan fingerprint density at radius 1 is 1.20 bits per heavy atom. The fourth-order valence-corrected chi connectivity index (χ4v) is 3.00. The van der Waals surface area contributed by atoms with Gasteiger partial charge in [0.15, 0.2) is 0 Å². The van der Waals surface area contributed by atoms with E-state index in [4.69, 9.17) is 25.6 Å². The van der Waals surface area contributed by atoms with Crippen molar-refractivity contribution in [1.29, 1.82) is 0 Å². The number of fused-ring (bicyclic) bond motifs is 1. The Balaban J connectivity index is 1.75. The van der Waals surface area contributed by atoms with Crippen LogP contribution in [0.3, 0.4) is 0 Å². The van der Waals surface area contributed by atoms with E-state index in [2.05, 4.69) is 33.8 Å². The summed E-state index contributed by atoms with van der Waals surface area (Å²) >= 11 is 6.15. The van der Waals surface area contributed by atoms with Crippen molar-refractivity contribution in [2.75, 3.05) is 6.61 Å². The SMILES string of the molecule is CC1(C)OB(CC2COc3c(Cl)cccc32)OC1(C)C. The third-order valence-corrected chi connectivity index (χ3v) is 4.94. The van der Waals surface area contributed by atoms with Gasteiger partial charge in [0.2, 0.25) is 0 Å². The summed E-state index contributed by atoms with van der Waals surface area (Å²) in [5, 5.41) is 0.680. The quantitative estimate of drug-likeness (QED) is 0.774. The Labute approximate surface area is 125 Å². The largest absolute Gasteiger partial charge is 0.491 e. The summed E-state index contributed by atoms with van der Waals surface area (Å²) in [6.07, 6.45) is 0.792. The summed E-state index contributed by atoms with van der Waals surface area (Å²) in [4.78, 5) is 0. The third-order valence-electron chi connectivity index (χ3n) is 4.65. The van der Waals surface area contributed by atoms with Crippen LogP contribution in [0.4, 0.5) is 0 Å². The van der Waals surface area contributed by atoms with Gasteiger partial charge in [-0.2, -0.15) is 0 Å².